The highest BCUT2D eigenvalue weighted by Gasteiger charge is 2.40. The van der Waals surface area contributed by atoms with Gasteiger partial charge in [0.1, 0.15) is 12.4 Å². The average molecular weight is 542 g/mol. The lowest BCUT2D eigenvalue weighted by molar-refractivity contribution is 0.0652. The smallest absolute Gasteiger partial charge is 0.294 e. The molecule has 7 heteroatoms. The van der Waals surface area contributed by atoms with Gasteiger partial charge >= 0.3 is 0 Å². The Morgan fingerprint density at radius 2 is 1.82 bits per heavy atom. The number of fused-ring (bicyclic) bond motifs is 1. The number of rotatable bonds is 10. The topological polar surface area (TPSA) is 95.5 Å². The first kappa shape index (κ1) is 27.8. The van der Waals surface area contributed by atoms with Crippen LogP contribution < -0.4 is 10.3 Å². The lowest BCUT2D eigenvalue weighted by atomic mass is 9.69. The van der Waals surface area contributed by atoms with Crippen LogP contribution in [-0.4, -0.2) is 45.1 Å². The van der Waals surface area contributed by atoms with Crippen LogP contribution in [0.3, 0.4) is 0 Å². The highest BCUT2D eigenvalue weighted by atomic mass is 16.5. The number of aromatic nitrogens is 2. The second-order valence-corrected chi connectivity index (χ2v) is 11.3. The van der Waals surface area contributed by atoms with Crippen molar-refractivity contribution in [2.45, 2.75) is 71.4 Å². The van der Waals surface area contributed by atoms with Crippen molar-refractivity contribution in [3.63, 3.8) is 0 Å². The van der Waals surface area contributed by atoms with E-state index in [1.165, 1.54) is 21.6 Å². The SMILES string of the molecule is CC(C)N(CCO)C(=O)c1nc(CC2(C3=CCCc4ccccc43)CCCC2)[nH]c(=O)c1OCc1ccccc1. The van der Waals surface area contributed by atoms with E-state index < -0.39 is 11.5 Å². The Kier molecular flexibility index (Phi) is 8.50. The van der Waals surface area contributed by atoms with Crippen molar-refractivity contribution in [2.24, 2.45) is 5.41 Å². The van der Waals surface area contributed by atoms with E-state index in [9.17, 15) is 14.7 Å². The molecule has 1 fully saturated rings. The number of amides is 1. The summed E-state index contributed by atoms with van der Waals surface area (Å²) in [5.74, 6) is 0.00465. The molecule has 2 N–H and O–H groups in total. The van der Waals surface area contributed by atoms with Gasteiger partial charge in [-0.25, -0.2) is 4.98 Å². The van der Waals surface area contributed by atoms with Crippen LogP contribution in [0.4, 0.5) is 0 Å². The second kappa shape index (κ2) is 12.2. The van der Waals surface area contributed by atoms with Gasteiger partial charge in [0.2, 0.25) is 5.75 Å². The maximum absolute atomic E-state index is 13.8. The molecule has 0 atom stereocenters. The Labute approximate surface area is 235 Å². The van der Waals surface area contributed by atoms with Crippen molar-refractivity contribution in [3.8, 4) is 5.75 Å². The van der Waals surface area contributed by atoms with E-state index in [1.54, 1.807) is 0 Å². The number of carbonyl (C=O) groups excluding carboxylic acids is 1. The number of aromatic amines is 1. The molecule has 40 heavy (non-hydrogen) atoms. The molecule has 2 aromatic carbocycles. The summed E-state index contributed by atoms with van der Waals surface area (Å²) in [4.78, 5) is 36.7. The van der Waals surface area contributed by atoms with Crippen LogP contribution in [0, 0.1) is 5.41 Å². The van der Waals surface area contributed by atoms with E-state index in [0.717, 1.165) is 44.1 Å². The lowest BCUT2D eigenvalue weighted by Crippen LogP contribution is -2.40. The molecule has 1 heterocycles. The molecular formula is C33H39N3O4. The number of aliphatic hydroxyl groups is 1. The van der Waals surface area contributed by atoms with Gasteiger partial charge in [0.05, 0.1) is 6.61 Å². The number of nitrogens with one attached hydrogen (secondary N) is 1. The van der Waals surface area contributed by atoms with Gasteiger partial charge in [-0.05, 0) is 61.8 Å². The van der Waals surface area contributed by atoms with Gasteiger partial charge in [-0.15, -0.1) is 0 Å². The predicted molar refractivity (Wildman–Crippen MR) is 156 cm³/mol. The number of hydrogen-bond acceptors (Lipinski definition) is 5. The van der Waals surface area contributed by atoms with E-state index in [0.29, 0.717) is 12.2 Å². The normalized spacial score (nSPS) is 15.9. The third-order valence-corrected chi connectivity index (χ3v) is 8.29. The van der Waals surface area contributed by atoms with Gasteiger partial charge in [-0.3, -0.25) is 9.59 Å². The predicted octanol–water partition coefficient (Wildman–Crippen LogP) is 5.32. The van der Waals surface area contributed by atoms with Gasteiger partial charge in [0.25, 0.3) is 11.5 Å². The van der Waals surface area contributed by atoms with E-state index in [1.807, 2.05) is 44.2 Å². The molecule has 210 valence electrons. The Morgan fingerprint density at radius 1 is 1.10 bits per heavy atom. The van der Waals surface area contributed by atoms with Gasteiger partial charge in [-0.2, -0.15) is 0 Å². The zero-order valence-electron chi connectivity index (χ0n) is 23.5. The molecule has 7 nitrogen and oxygen atoms in total. The Morgan fingerprint density at radius 3 is 2.55 bits per heavy atom. The monoisotopic (exact) mass is 541 g/mol. The maximum atomic E-state index is 13.8. The number of nitrogens with zero attached hydrogens (tertiary/aromatic N) is 2. The first-order chi connectivity index (χ1) is 19.4. The summed E-state index contributed by atoms with van der Waals surface area (Å²) in [5.41, 5.74) is 4.29. The number of hydrogen-bond donors (Lipinski definition) is 2. The zero-order chi connectivity index (χ0) is 28.1. The summed E-state index contributed by atoms with van der Waals surface area (Å²) in [7, 11) is 0. The van der Waals surface area contributed by atoms with E-state index in [2.05, 4.69) is 35.3 Å². The standard InChI is InChI=1S/C33H39N3O4/c1-23(2)36(19-20-37)32(39)29-30(40-22-24-11-4-3-5-12-24)31(38)35-28(34-29)21-33(17-8-9-18-33)27-16-10-14-25-13-6-7-15-26(25)27/h3-7,11-13,15-16,23,37H,8-10,14,17-22H2,1-2H3,(H,34,35,38). The summed E-state index contributed by atoms with van der Waals surface area (Å²) in [6.07, 6.45) is 9.20. The average Bonchev–Trinajstić information content (AvgIpc) is 3.44. The molecule has 0 unspecified atom stereocenters. The Bertz CT molecular complexity index is 1420. The summed E-state index contributed by atoms with van der Waals surface area (Å²) in [6.45, 7) is 3.86. The molecular weight excluding hydrogens is 502 g/mol. The minimum absolute atomic E-state index is 0.00278. The van der Waals surface area contributed by atoms with Crippen LogP contribution >= 0.6 is 0 Å². The van der Waals surface area contributed by atoms with Crippen molar-refractivity contribution < 1.29 is 14.6 Å². The Hall–Kier alpha value is -3.71. The molecule has 1 amide bonds. The largest absolute Gasteiger partial charge is 0.481 e. The fraction of sp³-hybridized carbons (Fsp3) is 0.424. The van der Waals surface area contributed by atoms with Gasteiger partial charge in [-0.1, -0.05) is 73.5 Å². The van der Waals surface area contributed by atoms with Crippen LogP contribution in [0.15, 0.2) is 65.5 Å². The lowest BCUT2D eigenvalue weighted by Gasteiger charge is -2.35. The van der Waals surface area contributed by atoms with Crippen molar-refractivity contribution in [2.75, 3.05) is 13.2 Å². The van der Waals surface area contributed by atoms with Crippen LogP contribution in [0.1, 0.15) is 79.0 Å². The van der Waals surface area contributed by atoms with Crippen molar-refractivity contribution in [1.82, 2.24) is 14.9 Å². The van der Waals surface area contributed by atoms with E-state index in [-0.39, 0.29) is 42.7 Å². The summed E-state index contributed by atoms with van der Waals surface area (Å²) >= 11 is 0. The minimum Gasteiger partial charge on any atom is -0.481 e. The van der Waals surface area contributed by atoms with Crippen molar-refractivity contribution in [3.05, 3.63) is 99.2 Å². The molecule has 1 aromatic heterocycles. The molecule has 0 spiro atoms. The number of H-pyrrole nitrogens is 1. The molecule has 0 bridgehead atoms. The minimum atomic E-state index is -0.455. The first-order valence-electron chi connectivity index (χ1n) is 14.4. The third-order valence-electron chi connectivity index (χ3n) is 8.29. The van der Waals surface area contributed by atoms with Gasteiger partial charge in [0, 0.05) is 24.4 Å². The van der Waals surface area contributed by atoms with Crippen LogP contribution in [0.2, 0.25) is 0 Å². The zero-order valence-corrected chi connectivity index (χ0v) is 23.5. The molecule has 2 aliphatic rings. The molecule has 1 saturated carbocycles. The number of aryl methyl sites for hydroxylation is 1. The van der Waals surface area contributed by atoms with E-state index in [4.69, 9.17) is 9.72 Å². The van der Waals surface area contributed by atoms with E-state index >= 15 is 0 Å². The van der Waals surface area contributed by atoms with Crippen LogP contribution in [0.25, 0.3) is 5.57 Å². The molecule has 0 radical (unpaired) electrons. The quantitative estimate of drug-likeness (QED) is 0.362. The summed E-state index contributed by atoms with van der Waals surface area (Å²) < 4.78 is 5.97. The number of carbonyl (C=O) groups is 1. The van der Waals surface area contributed by atoms with Crippen LogP contribution in [-0.2, 0) is 19.4 Å². The van der Waals surface area contributed by atoms with Crippen LogP contribution in [0.5, 0.6) is 5.75 Å². The van der Waals surface area contributed by atoms with Gasteiger partial charge in [0.15, 0.2) is 5.69 Å². The highest BCUT2D eigenvalue weighted by Crippen LogP contribution is 2.52. The summed E-state index contributed by atoms with van der Waals surface area (Å²) in [6, 6.07) is 18.0. The molecule has 0 aliphatic heterocycles. The first-order valence-corrected chi connectivity index (χ1v) is 14.4. The molecule has 2 aliphatic carbocycles. The molecule has 5 rings (SSSR count). The van der Waals surface area contributed by atoms with Gasteiger partial charge < -0.3 is 19.7 Å². The number of aliphatic hydroxyl groups excluding tert-OH is 1. The highest BCUT2D eigenvalue weighted by molar-refractivity contribution is 5.95. The second-order valence-electron chi connectivity index (χ2n) is 11.3. The summed E-state index contributed by atoms with van der Waals surface area (Å²) in [5, 5.41) is 9.64. The fourth-order valence-corrected chi connectivity index (χ4v) is 6.34. The molecule has 3 aromatic rings. The maximum Gasteiger partial charge on any atom is 0.294 e. The Balaban J connectivity index is 1.54. The van der Waals surface area contributed by atoms with Crippen molar-refractivity contribution in [1.29, 1.82) is 0 Å². The number of benzene rings is 2. The fourth-order valence-electron chi connectivity index (χ4n) is 6.34. The molecule has 0 saturated heterocycles. The third kappa shape index (κ3) is 5.75. The number of allylic oxidation sites excluding steroid dienone is 2. The van der Waals surface area contributed by atoms with Crippen molar-refractivity contribution >= 4 is 11.5 Å². The number of ether oxygens (including phenoxy) is 1.